The average molecular weight is 591 g/mol. The fourth-order valence-corrected chi connectivity index (χ4v) is 5.56. The van der Waals surface area contributed by atoms with E-state index in [1.165, 1.54) is 6.33 Å². The smallest absolute Gasteiger partial charge is 0.313 e. The minimum atomic E-state index is -4.65. The molecular weight excluding hydrogens is 567 g/mol. The molecule has 1 N–H and O–H groups in total. The maximum absolute atomic E-state index is 14.0. The fourth-order valence-electron chi connectivity index (χ4n) is 5.43. The number of Topliss-reactive ketones (excluding diaryl/α,β-unsaturated/α-hetero) is 1. The van der Waals surface area contributed by atoms with Crippen LogP contribution in [0.4, 0.5) is 22.0 Å². The van der Waals surface area contributed by atoms with Crippen LogP contribution in [0, 0.1) is 11.6 Å². The topological polar surface area (TPSA) is 80.6 Å². The first-order chi connectivity index (χ1) is 19.5. The number of alkyl halides is 3. The number of fused-ring (bicyclic) bond motifs is 1. The Hall–Kier alpha value is -3.86. The molecule has 2 aromatic heterocycles. The molecule has 6 nitrogen and oxygen atoms in total. The lowest BCUT2D eigenvalue weighted by atomic mass is 9.87. The first-order valence-corrected chi connectivity index (χ1v) is 13.3. The molecule has 5 rings (SSSR count). The van der Waals surface area contributed by atoms with E-state index in [1.807, 2.05) is 0 Å². The molecular formula is C29H24ClF5N4O2. The van der Waals surface area contributed by atoms with Crippen LogP contribution in [0.15, 0.2) is 53.6 Å². The minimum absolute atomic E-state index is 0.0670. The highest BCUT2D eigenvalue weighted by atomic mass is 35.5. The zero-order chi connectivity index (χ0) is 29.3. The highest BCUT2D eigenvalue weighted by Gasteiger charge is 2.39. The quantitative estimate of drug-likeness (QED) is 0.239. The van der Waals surface area contributed by atoms with Gasteiger partial charge in [0.2, 0.25) is 0 Å². The number of carbonyl (C=O) groups is 1. The maximum Gasteiger partial charge on any atom is 0.435 e. The van der Waals surface area contributed by atoms with Gasteiger partial charge >= 0.3 is 6.18 Å². The number of ketones is 1. The lowest BCUT2D eigenvalue weighted by Gasteiger charge is -2.20. The van der Waals surface area contributed by atoms with Gasteiger partial charge in [0.25, 0.3) is 5.56 Å². The molecule has 0 fully saturated rings. The second-order valence-corrected chi connectivity index (χ2v) is 10.5. The van der Waals surface area contributed by atoms with Gasteiger partial charge in [-0.1, -0.05) is 23.7 Å². The van der Waals surface area contributed by atoms with Crippen LogP contribution in [0.1, 0.15) is 53.4 Å². The van der Waals surface area contributed by atoms with Crippen LogP contribution < -0.4 is 5.56 Å². The number of aromatic amines is 1. The van der Waals surface area contributed by atoms with E-state index in [2.05, 4.69) is 15.1 Å². The Balaban J connectivity index is 1.52. The Kier molecular flexibility index (Phi) is 8.08. The van der Waals surface area contributed by atoms with Crippen LogP contribution in [0.3, 0.4) is 0 Å². The number of H-pyrrole nitrogens is 1. The van der Waals surface area contributed by atoms with Crippen LogP contribution >= 0.6 is 11.6 Å². The van der Waals surface area contributed by atoms with Gasteiger partial charge in [0, 0.05) is 34.7 Å². The number of hydrogen-bond acceptors (Lipinski definition) is 4. The number of aromatic nitrogens is 4. The molecule has 1 aliphatic rings. The first kappa shape index (κ1) is 28.7. The van der Waals surface area contributed by atoms with Crippen LogP contribution in [0.5, 0.6) is 0 Å². The zero-order valence-corrected chi connectivity index (χ0v) is 22.3. The summed E-state index contributed by atoms with van der Waals surface area (Å²) in [5.41, 5.74) is 0.0470. The van der Waals surface area contributed by atoms with Crippen LogP contribution in [0.25, 0.3) is 11.1 Å². The molecule has 0 spiro atoms. The predicted octanol–water partition coefficient (Wildman–Crippen LogP) is 6.45. The Morgan fingerprint density at radius 1 is 1.05 bits per heavy atom. The SMILES string of the molecule is O=C(CC(Cc1cc(F)cc(F)c1)c1nc[nH]c(=O)c1-c1ccc(Cl)cc1)Cn1nc(C(F)(F)F)c2c1CCCC2. The third-order valence-electron chi connectivity index (χ3n) is 7.13. The van der Waals surface area contributed by atoms with Crippen molar-refractivity contribution >= 4 is 17.4 Å². The number of nitrogens with zero attached hydrogens (tertiary/aromatic N) is 3. The summed E-state index contributed by atoms with van der Waals surface area (Å²) < 4.78 is 70.2. The highest BCUT2D eigenvalue weighted by molar-refractivity contribution is 6.30. The number of rotatable bonds is 8. The molecule has 2 aromatic carbocycles. The van der Waals surface area contributed by atoms with Gasteiger partial charge in [-0.15, -0.1) is 0 Å². The van der Waals surface area contributed by atoms with Gasteiger partial charge in [-0.2, -0.15) is 18.3 Å². The van der Waals surface area contributed by atoms with Gasteiger partial charge in [0.05, 0.1) is 24.1 Å². The third-order valence-corrected chi connectivity index (χ3v) is 7.38. The van der Waals surface area contributed by atoms with Crippen molar-refractivity contribution in [3.05, 3.63) is 104 Å². The number of nitrogens with one attached hydrogen (secondary N) is 1. The Labute approximate surface area is 236 Å². The normalized spacial score (nSPS) is 14.1. The Morgan fingerprint density at radius 2 is 1.73 bits per heavy atom. The lowest BCUT2D eigenvalue weighted by Crippen LogP contribution is -2.22. The van der Waals surface area contributed by atoms with Crippen molar-refractivity contribution in [3.63, 3.8) is 0 Å². The summed E-state index contributed by atoms with van der Waals surface area (Å²) in [5, 5.41) is 4.20. The summed E-state index contributed by atoms with van der Waals surface area (Å²) in [6.45, 7) is -0.425. The third kappa shape index (κ3) is 6.40. The van der Waals surface area contributed by atoms with Gasteiger partial charge in [-0.25, -0.2) is 13.8 Å². The molecule has 0 amide bonds. The molecule has 0 aliphatic heterocycles. The Bertz CT molecular complexity index is 1630. The monoisotopic (exact) mass is 590 g/mol. The number of carbonyl (C=O) groups excluding carboxylic acids is 1. The van der Waals surface area contributed by atoms with Crippen molar-refractivity contribution in [2.45, 2.75) is 57.2 Å². The van der Waals surface area contributed by atoms with Crippen molar-refractivity contribution < 1.29 is 26.7 Å². The van der Waals surface area contributed by atoms with E-state index in [0.29, 0.717) is 41.6 Å². The van der Waals surface area contributed by atoms with Crippen LogP contribution in [-0.2, 0) is 36.8 Å². The van der Waals surface area contributed by atoms with E-state index in [9.17, 15) is 31.5 Å². The van der Waals surface area contributed by atoms with Gasteiger partial charge in [-0.05, 0) is 67.5 Å². The lowest BCUT2D eigenvalue weighted by molar-refractivity contribution is -0.142. The van der Waals surface area contributed by atoms with Crippen molar-refractivity contribution in [1.29, 1.82) is 0 Å². The molecule has 4 aromatic rings. The molecule has 12 heteroatoms. The second-order valence-electron chi connectivity index (χ2n) is 10.1. The standard InChI is InChI=1S/C29H24ClF5N4O2/c30-19-7-5-17(6-8-19)25-26(36-15-37-28(25)41)18(9-16-10-20(31)13-21(32)11-16)12-22(40)14-39-24-4-2-1-3-23(24)27(38-39)29(33,34)35/h5-8,10-11,13,15,18H,1-4,9,12,14H2,(H,36,37,41). The van der Waals surface area contributed by atoms with Gasteiger partial charge in [-0.3, -0.25) is 14.3 Å². The van der Waals surface area contributed by atoms with E-state index >= 15 is 0 Å². The zero-order valence-electron chi connectivity index (χ0n) is 21.6. The number of halogens is 6. The van der Waals surface area contributed by atoms with Crippen molar-refractivity contribution in [2.24, 2.45) is 0 Å². The summed E-state index contributed by atoms with van der Waals surface area (Å²) in [4.78, 5) is 33.2. The summed E-state index contributed by atoms with van der Waals surface area (Å²) in [7, 11) is 0. The summed E-state index contributed by atoms with van der Waals surface area (Å²) in [5.74, 6) is -2.94. The largest absolute Gasteiger partial charge is 0.435 e. The average Bonchev–Trinajstić information content (AvgIpc) is 3.27. The molecule has 0 radical (unpaired) electrons. The molecule has 1 unspecified atom stereocenters. The molecule has 1 atom stereocenters. The summed E-state index contributed by atoms with van der Waals surface area (Å²) in [6, 6.07) is 9.32. The Morgan fingerprint density at radius 3 is 2.41 bits per heavy atom. The molecule has 41 heavy (non-hydrogen) atoms. The van der Waals surface area contributed by atoms with E-state index < -0.39 is 47.3 Å². The molecule has 214 valence electrons. The number of hydrogen-bond donors (Lipinski definition) is 1. The van der Waals surface area contributed by atoms with Gasteiger partial charge in [0.15, 0.2) is 11.5 Å². The van der Waals surface area contributed by atoms with E-state index in [0.717, 1.165) is 16.8 Å². The van der Waals surface area contributed by atoms with Crippen molar-refractivity contribution in [2.75, 3.05) is 0 Å². The highest BCUT2D eigenvalue weighted by Crippen LogP contribution is 2.36. The summed E-state index contributed by atoms with van der Waals surface area (Å²) >= 11 is 6.01. The molecule has 0 bridgehead atoms. The fraction of sp³-hybridized carbons (Fsp3) is 0.310. The van der Waals surface area contributed by atoms with Crippen LogP contribution in [-0.4, -0.2) is 25.5 Å². The van der Waals surface area contributed by atoms with Crippen molar-refractivity contribution in [1.82, 2.24) is 19.7 Å². The van der Waals surface area contributed by atoms with Gasteiger partial charge in [0.1, 0.15) is 11.6 Å². The maximum atomic E-state index is 14.0. The molecule has 0 saturated heterocycles. The second kappa shape index (κ2) is 11.6. The predicted molar refractivity (Wildman–Crippen MR) is 142 cm³/mol. The number of benzene rings is 2. The first-order valence-electron chi connectivity index (χ1n) is 13.0. The van der Waals surface area contributed by atoms with E-state index in [1.54, 1.807) is 24.3 Å². The van der Waals surface area contributed by atoms with Crippen molar-refractivity contribution in [3.8, 4) is 11.1 Å². The molecule has 1 aliphatic carbocycles. The minimum Gasteiger partial charge on any atom is -0.313 e. The molecule has 0 saturated carbocycles. The van der Waals surface area contributed by atoms with Crippen LogP contribution in [0.2, 0.25) is 5.02 Å². The van der Waals surface area contributed by atoms with E-state index in [-0.39, 0.29) is 41.6 Å². The van der Waals surface area contributed by atoms with E-state index in [4.69, 9.17) is 11.6 Å². The summed E-state index contributed by atoms with van der Waals surface area (Å²) in [6.07, 6.45) is -1.94. The van der Waals surface area contributed by atoms with Gasteiger partial charge < -0.3 is 4.98 Å². The molecule has 2 heterocycles.